The van der Waals surface area contributed by atoms with Crippen molar-refractivity contribution in [1.29, 1.82) is 0 Å². The van der Waals surface area contributed by atoms with Gasteiger partial charge in [0.25, 0.3) is 5.91 Å². The Balaban J connectivity index is 1.50. The summed E-state index contributed by atoms with van der Waals surface area (Å²) in [4.78, 5) is 22.3. The van der Waals surface area contributed by atoms with Gasteiger partial charge in [0.1, 0.15) is 5.82 Å². The van der Waals surface area contributed by atoms with E-state index in [1.165, 1.54) is 6.20 Å². The molecule has 0 unspecified atom stereocenters. The summed E-state index contributed by atoms with van der Waals surface area (Å²) in [7, 11) is 0. The molecule has 2 N–H and O–H groups in total. The van der Waals surface area contributed by atoms with Gasteiger partial charge in [0.2, 0.25) is 0 Å². The number of nitrogens with two attached hydrogens (primary N) is 1. The second kappa shape index (κ2) is 4.80. The molecule has 1 fully saturated rings. The van der Waals surface area contributed by atoms with Crippen LogP contribution in [0.25, 0.3) is 11.0 Å². The second-order valence-electron chi connectivity index (χ2n) is 5.35. The molecule has 4 rings (SSSR count). The largest absolute Gasteiger partial charge is 0.366 e. The number of rotatable bonds is 3. The van der Waals surface area contributed by atoms with Crippen molar-refractivity contribution in [3.8, 4) is 0 Å². The molecule has 0 saturated carbocycles. The summed E-state index contributed by atoms with van der Waals surface area (Å²) >= 11 is 0. The Morgan fingerprint density at radius 3 is 2.68 bits per heavy atom. The molecule has 22 heavy (non-hydrogen) atoms. The standard InChI is InChI=1S/C15H14N6O/c16-15(22)10-5-18-21(7-10)11-8-20(9-11)14-6-17-12-3-1-2-4-13(12)19-14/h1-7,11H,8-9H2,(H2,16,22). The lowest BCUT2D eigenvalue weighted by Crippen LogP contribution is -2.48. The van der Waals surface area contributed by atoms with Gasteiger partial charge in [-0.3, -0.25) is 14.5 Å². The molecule has 0 radical (unpaired) electrons. The first kappa shape index (κ1) is 12.8. The molecular weight excluding hydrogens is 280 g/mol. The lowest BCUT2D eigenvalue weighted by Gasteiger charge is -2.39. The maximum Gasteiger partial charge on any atom is 0.251 e. The van der Waals surface area contributed by atoms with E-state index >= 15 is 0 Å². The number of nitrogens with zero attached hydrogens (tertiary/aromatic N) is 5. The van der Waals surface area contributed by atoms with Gasteiger partial charge in [-0.15, -0.1) is 0 Å². The average Bonchev–Trinajstić information content (AvgIpc) is 2.95. The van der Waals surface area contributed by atoms with Crippen molar-refractivity contribution in [3.63, 3.8) is 0 Å². The Morgan fingerprint density at radius 2 is 1.95 bits per heavy atom. The van der Waals surface area contributed by atoms with Gasteiger partial charge >= 0.3 is 0 Å². The van der Waals surface area contributed by atoms with Crippen LogP contribution in [0.3, 0.4) is 0 Å². The van der Waals surface area contributed by atoms with Crippen LogP contribution in [0.5, 0.6) is 0 Å². The third kappa shape index (κ3) is 2.07. The van der Waals surface area contributed by atoms with Crippen molar-refractivity contribution >= 4 is 22.8 Å². The average molecular weight is 294 g/mol. The first-order valence-electron chi connectivity index (χ1n) is 7.01. The molecule has 0 aliphatic carbocycles. The van der Waals surface area contributed by atoms with E-state index in [9.17, 15) is 4.79 Å². The first-order chi connectivity index (χ1) is 10.7. The monoisotopic (exact) mass is 294 g/mol. The van der Waals surface area contributed by atoms with Crippen molar-refractivity contribution < 1.29 is 4.79 Å². The molecule has 3 aromatic rings. The van der Waals surface area contributed by atoms with Crippen molar-refractivity contribution in [1.82, 2.24) is 19.7 Å². The van der Waals surface area contributed by atoms with Crippen LogP contribution < -0.4 is 10.6 Å². The predicted octanol–water partition coefficient (Wildman–Crippen LogP) is 0.986. The normalized spacial score (nSPS) is 15.0. The summed E-state index contributed by atoms with van der Waals surface area (Å²) in [5, 5.41) is 4.19. The molecule has 0 bridgehead atoms. The Morgan fingerprint density at radius 1 is 1.18 bits per heavy atom. The molecule has 1 amide bonds. The minimum absolute atomic E-state index is 0.223. The highest BCUT2D eigenvalue weighted by atomic mass is 16.1. The van der Waals surface area contributed by atoms with E-state index in [0.29, 0.717) is 5.56 Å². The number of aromatic nitrogens is 4. The van der Waals surface area contributed by atoms with Gasteiger partial charge in [0.15, 0.2) is 0 Å². The zero-order chi connectivity index (χ0) is 15.1. The maximum absolute atomic E-state index is 11.1. The molecule has 0 spiro atoms. The van der Waals surface area contributed by atoms with Crippen LogP contribution in [-0.4, -0.2) is 38.7 Å². The van der Waals surface area contributed by atoms with Gasteiger partial charge in [0.05, 0.1) is 35.0 Å². The summed E-state index contributed by atoms with van der Waals surface area (Å²) in [5.74, 6) is 0.403. The Hall–Kier alpha value is -2.96. The minimum atomic E-state index is -0.456. The van der Waals surface area contributed by atoms with Crippen LogP contribution >= 0.6 is 0 Å². The Labute approximate surface area is 126 Å². The smallest absolute Gasteiger partial charge is 0.251 e. The van der Waals surface area contributed by atoms with Crippen molar-refractivity contribution in [2.45, 2.75) is 6.04 Å². The first-order valence-corrected chi connectivity index (χ1v) is 7.01. The fourth-order valence-electron chi connectivity index (χ4n) is 2.57. The van der Waals surface area contributed by atoms with E-state index in [1.54, 1.807) is 17.1 Å². The number of hydrogen-bond donors (Lipinski definition) is 1. The van der Waals surface area contributed by atoms with Gasteiger partial charge in [-0.25, -0.2) is 4.98 Å². The van der Waals surface area contributed by atoms with Crippen molar-refractivity contribution in [2.75, 3.05) is 18.0 Å². The highest BCUT2D eigenvalue weighted by Gasteiger charge is 2.30. The van der Waals surface area contributed by atoms with E-state index < -0.39 is 5.91 Å². The number of anilines is 1. The SMILES string of the molecule is NC(=O)c1cnn(C2CN(c3cnc4ccccc4n3)C2)c1. The summed E-state index contributed by atoms with van der Waals surface area (Å²) in [6, 6.07) is 8.02. The molecule has 110 valence electrons. The van der Waals surface area contributed by atoms with Crippen LogP contribution in [0.15, 0.2) is 42.9 Å². The van der Waals surface area contributed by atoms with Crippen molar-refractivity contribution in [3.05, 3.63) is 48.4 Å². The van der Waals surface area contributed by atoms with E-state index in [1.807, 2.05) is 24.3 Å². The fourth-order valence-corrected chi connectivity index (χ4v) is 2.57. The zero-order valence-corrected chi connectivity index (χ0v) is 11.8. The van der Waals surface area contributed by atoms with Crippen LogP contribution in [-0.2, 0) is 0 Å². The minimum Gasteiger partial charge on any atom is -0.366 e. The topological polar surface area (TPSA) is 89.9 Å². The predicted molar refractivity (Wildman–Crippen MR) is 81.5 cm³/mol. The highest BCUT2D eigenvalue weighted by molar-refractivity contribution is 5.92. The van der Waals surface area contributed by atoms with Crippen LogP contribution in [0.2, 0.25) is 0 Å². The molecule has 2 aromatic heterocycles. The number of carbonyl (C=O) groups is 1. The summed E-state index contributed by atoms with van der Waals surface area (Å²) < 4.78 is 1.78. The summed E-state index contributed by atoms with van der Waals surface area (Å²) in [6.45, 7) is 1.57. The molecule has 1 aliphatic heterocycles. The molecule has 7 nitrogen and oxygen atoms in total. The quantitative estimate of drug-likeness (QED) is 0.778. The number of carbonyl (C=O) groups excluding carboxylic acids is 1. The fraction of sp³-hybridized carbons (Fsp3) is 0.200. The van der Waals surface area contributed by atoms with Gasteiger partial charge in [-0.05, 0) is 12.1 Å². The van der Waals surface area contributed by atoms with Crippen LogP contribution in [0, 0.1) is 0 Å². The second-order valence-corrected chi connectivity index (χ2v) is 5.35. The third-order valence-electron chi connectivity index (χ3n) is 3.88. The van der Waals surface area contributed by atoms with Gasteiger partial charge in [-0.1, -0.05) is 12.1 Å². The number of para-hydroxylation sites is 2. The van der Waals surface area contributed by atoms with E-state index in [4.69, 9.17) is 5.73 Å². The summed E-state index contributed by atoms with van der Waals surface area (Å²) in [5.41, 5.74) is 7.45. The van der Waals surface area contributed by atoms with Gasteiger partial charge in [0, 0.05) is 19.3 Å². The molecular formula is C15H14N6O. The lowest BCUT2D eigenvalue weighted by molar-refractivity contribution is 0.1000. The molecule has 3 heterocycles. The van der Waals surface area contributed by atoms with Gasteiger partial charge < -0.3 is 10.6 Å². The zero-order valence-electron chi connectivity index (χ0n) is 11.8. The molecule has 7 heteroatoms. The number of primary amides is 1. The number of hydrogen-bond acceptors (Lipinski definition) is 5. The molecule has 1 saturated heterocycles. The number of benzene rings is 1. The maximum atomic E-state index is 11.1. The lowest BCUT2D eigenvalue weighted by atomic mass is 10.1. The van der Waals surface area contributed by atoms with Gasteiger partial charge in [-0.2, -0.15) is 5.10 Å². The van der Waals surface area contributed by atoms with Crippen LogP contribution in [0.1, 0.15) is 16.4 Å². The molecule has 0 atom stereocenters. The third-order valence-corrected chi connectivity index (χ3v) is 3.88. The highest BCUT2D eigenvalue weighted by Crippen LogP contribution is 2.26. The molecule has 1 aromatic carbocycles. The number of fused-ring (bicyclic) bond motifs is 1. The Bertz CT molecular complexity index is 852. The van der Waals surface area contributed by atoms with E-state index in [2.05, 4.69) is 20.0 Å². The van der Waals surface area contributed by atoms with Crippen LogP contribution in [0.4, 0.5) is 5.82 Å². The van der Waals surface area contributed by atoms with Crippen molar-refractivity contribution in [2.24, 2.45) is 5.73 Å². The van der Waals surface area contributed by atoms with E-state index in [0.717, 1.165) is 29.9 Å². The Kier molecular flexibility index (Phi) is 2.78. The molecule has 1 aliphatic rings. The summed E-state index contributed by atoms with van der Waals surface area (Å²) in [6.07, 6.45) is 4.98. The number of amides is 1. The van der Waals surface area contributed by atoms with E-state index in [-0.39, 0.29) is 6.04 Å².